The van der Waals surface area contributed by atoms with Crippen molar-refractivity contribution in [2.45, 2.75) is 49.3 Å². The molecule has 3 aromatic rings. The second-order valence-corrected chi connectivity index (χ2v) is 10.3. The van der Waals surface area contributed by atoms with Crippen LogP contribution in [0.3, 0.4) is 0 Å². The van der Waals surface area contributed by atoms with Gasteiger partial charge in [-0.05, 0) is 61.1 Å². The molecule has 2 heterocycles. The summed E-state index contributed by atoms with van der Waals surface area (Å²) in [6, 6.07) is 10.5. The number of benzene rings is 2. The molecule has 1 aliphatic rings. The lowest BCUT2D eigenvalue weighted by Gasteiger charge is -2.34. The van der Waals surface area contributed by atoms with E-state index in [1.165, 1.54) is 24.4 Å². The number of pyridine rings is 1. The van der Waals surface area contributed by atoms with E-state index < -0.39 is 21.9 Å². The fraction of sp³-hybridized carbons (Fsp3) is 0.375. The Kier molecular flexibility index (Phi) is 6.26. The summed E-state index contributed by atoms with van der Waals surface area (Å²) in [7, 11) is -3.96. The molecule has 0 bridgehead atoms. The number of fused-ring (bicyclic) bond motifs is 1. The van der Waals surface area contributed by atoms with Crippen molar-refractivity contribution >= 4 is 26.4 Å². The number of sulfone groups is 1. The van der Waals surface area contributed by atoms with Gasteiger partial charge in [0.05, 0.1) is 16.1 Å². The Morgan fingerprint density at radius 3 is 2.36 bits per heavy atom. The largest absolute Gasteiger partial charge is 0.573 e. The topological polar surface area (TPSA) is 59.5 Å². The Balaban J connectivity index is 1.91. The molecule has 0 unspecified atom stereocenters. The molecule has 0 N–H and O–H groups in total. The predicted octanol–water partition coefficient (Wildman–Crippen LogP) is 5.76. The SMILES string of the molecule is CCc1ccc(S(=O)(=O)c2cnc3ccc(OC(F)(F)F)cc3c2N2CCC(C)CC2)cc1. The van der Waals surface area contributed by atoms with Crippen LogP contribution in [0.25, 0.3) is 10.9 Å². The highest BCUT2D eigenvalue weighted by molar-refractivity contribution is 7.91. The molecule has 4 rings (SSSR count). The highest BCUT2D eigenvalue weighted by atomic mass is 32.2. The van der Waals surface area contributed by atoms with Gasteiger partial charge < -0.3 is 9.64 Å². The van der Waals surface area contributed by atoms with Crippen LogP contribution in [-0.4, -0.2) is 32.9 Å². The van der Waals surface area contributed by atoms with Crippen LogP contribution >= 0.6 is 0 Å². The monoisotopic (exact) mass is 478 g/mol. The van der Waals surface area contributed by atoms with Crippen molar-refractivity contribution < 1.29 is 26.3 Å². The maximum absolute atomic E-state index is 13.6. The van der Waals surface area contributed by atoms with Crippen molar-refractivity contribution in [3.63, 3.8) is 0 Å². The normalized spacial score (nSPS) is 15.7. The standard InChI is InChI=1S/C24H25F3N2O3S/c1-3-17-4-7-19(8-5-17)33(30,31)22-15-28-21-9-6-18(32-24(25,26)27)14-20(21)23(22)29-12-10-16(2)11-13-29/h4-9,14-16H,3,10-13H2,1-2H3. The van der Waals surface area contributed by atoms with Gasteiger partial charge >= 0.3 is 6.36 Å². The van der Waals surface area contributed by atoms with E-state index in [1.54, 1.807) is 24.3 Å². The number of anilines is 1. The molecule has 0 amide bonds. The predicted molar refractivity (Wildman–Crippen MR) is 120 cm³/mol. The fourth-order valence-electron chi connectivity index (χ4n) is 4.12. The van der Waals surface area contributed by atoms with E-state index in [0.717, 1.165) is 24.8 Å². The zero-order chi connectivity index (χ0) is 23.8. The molecule has 9 heteroatoms. The second kappa shape index (κ2) is 8.85. The quantitative estimate of drug-likeness (QED) is 0.466. The van der Waals surface area contributed by atoms with E-state index in [0.29, 0.717) is 35.6 Å². The fourth-order valence-corrected chi connectivity index (χ4v) is 5.56. The summed E-state index contributed by atoms with van der Waals surface area (Å²) < 4.78 is 69.9. The molecule has 176 valence electrons. The average molecular weight is 479 g/mol. The summed E-state index contributed by atoms with van der Waals surface area (Å²) in [5.41, 5.74) is 1.78. The van der Waals surface area contributed by atoms with Crippen LogP contribution < -0.4 is 9.64 Å². The first kappa shape index (κ1) is 23.4. The second-order valence-electron chi connectivity index (χ2n) is 8.37. The highest BCUT2D eigenvalue weighted by Crippen LogP contribution is 2.39. The van der Waals surface area contributed by atoms with Crippen molar-refractivity contribution in [3.8, 4) is 5.75 Å². The maximum atomic E-state index is 13.6. The first-order valence-electron chi connectivity index (χ1n) is 10.9. The van der Waals surface area contributed by atoms with Gasteiger partial charge in [-0.1, -0.05) is 26.0 Å². The number of alkyl halides is 3. The van der Waals surface area contributed by atoms with Crippen molar-refractivity contribution in [2.75, 3.05) is 18.0 Å². The first-order chi connectivity index (χ1) is 15.6. The van der Waals surface area contributed by atoms with Crippen LogP contribution in [0.2, 0.25) is 0 Å². The molecule has 1 saturated heterocycles. The molecular formula is C24H25F3N2O3S. The van der Waals surface area contributed by atoms with Crippen LogP contribution in [0, 0.1) is 5.92 Å². The zero-order valence-electron chi connectivity index (χ0n) is 18.4. The third kappa shape index (κ3) is 4.93. The Morgan fingerprint density at radius 1 is 1.09 bits per heavy atom. The van der Waals surface area contributed by atoms with Crippen LogP contribution in [0.4, 0.5) is 18.9 Å². The van der Waals surface area contributed by atoms with Crippen LogP contribution in [0.1, 0.15) is 32.3 Å². The summed E-state index contributed by atoms with van der Waals surface area (Å²) in [6.45, 7) is 5.31. The lowest BCUT2D eigenvalue weighted by Crippen LogP contribution is -2.34. The van der Waals surface area contributed by atoms with Crippen molar-refractivity contribution in [3.05, 3.63) is 54.2 Å². The van der Waals surface area contributed by atoms with E-state index in [-0.39, 0.29) is 9.79 Å². The van der Waals surface area contributed by atoms with Gasteiger partial charge in [-0.3, -0.25) is 4.98 Å². The smallest absolute Gasteiger partial charge is 0.406 e. The number of rotatable bonds is 5. The third-order valence-corrected chi connectivity index (χ3v) is 7.81. The molecule has 0 spiro atoms. The number of hydrogen-bond acceptors (Lipinski definition) is 5. The molecule has 0 aliphatic carbocycles. The van der Waals surface area contributed by atoms with Crippen LogP contribution in [0.5, 0.6) is 5.75 Å². The first-order valence-corrected chi connectivity index (χ1v) is 12.3. The average Bonchev–Trinajstić information content (AvgIpc) is 2.78. The van der Waals surface area contributed by atoms with Gasteiger partial charge in [0.25, 0.3) is 0 Å². The highest BCUT2D eigenvalue weighted by Gasteiger charge is 2.32. The minimum atomic E-state index is -4.85. The van der Waals surface area contributed by atoms with Crippen LogP contribution in [-0.2, 0) is 16.3 Å². The van der Waals surface area contributed by atoms with Crippen molar-refractivity contribution in [2.24, 2.45) is 5.92 Å². The zero-order valence-corrected chi connectivity index (χ0v) is 19.2. The number of hydrogen-bond donors (Lipinski definition) is 0. The van der Waals surface area contributed by atoms with Gasteiger partial charge in [-0.25, -0.2) is 8.42 Å². The summed E-state index contributed by atoms with van der Waals surface area (Å²) >= 11 is 0. The van der Waals surface area contributed by atoms with Gasteiger partial charge in [-0.2, -0.15) is 0 Å². The maximum Gasteiger partial charge on any atom is 0.573 e. The molecule has 0 saturated carbocycles. The number of aryl methyl sites for hydroxylation is 1. The van der Waals surface area contributed by atoms with Gasteiger partial charge in [0, 0.05) is 24.7 Å². The minimum Gasteiger partial charge on any atom is -0.406 e. The number of ether oxygens (including phenoxy) is 1. The minimum absolute atomic E-state index is 0.0158. The molecule has 1 fully saturated rings. The molecule has 0 radical (unpaired) electrons. The van der Waals surface area contributed by atoms with Gasteiger partial charge in [0.15, 0.2) is 0 Å². The Hall–Kier alpha value is -2.81. The molecule has 33 heavy (non-hydrogen) atoms. The Bertz CT molecular complexity index is 1250. The molecular weight excluding hydrogens is 453 g/mol. The lowest BCUT2D eigenvalue weighted by atomic mass is 9.98. The molecule has 1 aromatic heterocycles. The molecule has 2 aromatic carbocycles. The summed E-state index contributed by atoms with van der Waals surface area (Å²) in [4.78, 5) is 6.32. The van der Waals surface area contributed by atoms with E-state index >= 15 is 0 Å². The number of nitrogens with zero attached hydrogens (tertiary/aromatic N) is 2. The van der Waals surface area contributed by atoms with E-state index in [2.05, 4.69) is 16.6 Å². The van der Waals surface area contributed by atoms with E-state index in [1.807, 2.05) is 11.8 Å². The summed E-state index contributed by atoms with van der Waals surface area (Å²) in [5, 5.41) is 0.317. The van der Waals surface area contributed by atoms with Crippen molar-refractivity contribution in [1.29, 1.82) is 0 Å². The molecule has 5 nitrogen and oxygen atoms in total. The Morgan fingerprint density at radius 2 is 1.76 bits per heavy atom. The van der Waals surface area contributed by atoms with Gasteiger partial charge in [0.1, 0.15) is 10.6 Å². The molecule has 1 aliphatic heterocycles. The van der Waals surface area contributed by atoms with Crippen LogP contribution in [0.15, 0.2) is 58.5 Å². The lowest BCUT2D eigenvalue weighted by molar-refractivity contribution is -0.274. The molecule has 0 atom stereocenters. The Labute approximate surface area is 191 Å². The number of piperidine rings is 1. The summed E-state index contributed by atoms with van der Waals surface area (Å²) in [5.74, 6) is 0.0744. The van der Waals surface area contributed by atoms with Gasteiger partial charge in [-0.15, -0.1) is 13.2 Å². The van der Waals surface area contributed by atoms with Crippen molar-refractivity contribution in [1.82, 2.24) is 4.98 Å². The third-order valence-electron chi connectivity index (χ3n) is 6.04. The van der Waals surface area contributed by atoms with Gasteiger partial charge in [0.2, 0.25) is 9.84 Å². The van der Waals surface area contributed by atoms with E-state index in [9.17, 15) is 21.6 Å². The summed E-state index contributed by atoms with van der Waals surface area (Å²) in [6.07, 6.45) is -1.06. The van der Waals surface area contributed by atoms with E-state index in [4.69, 9.17) is 0 Å². The number of aromatic nitrogens is 1. The number of halogens is 3.